The van der Waals surface area contributed by atoms with Crippen LogP contribution in [0.4, 0.5) is 0 Å². The number of nitrogens with zero attached hydrogens (tertiary/aromatic N) is 3. The third-order valence-electron chi connectivity index (χ3n) is 2.15. The number of aryl methyl sites for hydroxylation is 1. The maximum Gasteiger partial charge on any atom is 0.272 e. The van der Waals surface area contributed by atoms with Gasteiger partial charge in [-0.1, -0.05) is 0 Å². The van der Waals surface area contributed by atoms with Crippen LogP contribution in [-0.4, -0.2) is 20.7 Å². The van der Waals surface area contributed by atoms with Gasteiger partial charge in [-0.25, -0.2) is 0 Å². The molecular weight excluding hydrogens is 204 g/mol. The fourth-order valence-corrected chi connectivity index (χ4v) is 1.31. The summed E-state index contributed by atoms with van der Waals surface area (Å²) in [6.45, 7) is 0.484. The summed E-state index contributed by atoms with van der Waals surface area (Å²) >= 11 is 0. The van der Waals surface area contributed by atoms with Gasteiger partial charge in [0.15, 0.2) is 0 Å². The van der Waals surface area contributed by atoms with E-state index in [2.05, 4.69) is 15.4 Å². The molecule has 0 saturated carbocycles. The zero-order valence-electron chi connectivity index (χ0n) is 8.92. The first kappa shape index (κ1) is 10.4. The van der Waals surface area contributed by atoms with Gasteiger partial charge in [0.25, 0.3) is 5.91 Å². The van der Waals surface area contributed by atoms with Gasteiger partial charge >= 0.3 is 0 Å². The molecule has 0 atom stereocenters. The van der Waals surface area contributed by atoms with Crippen LogP contribution in [0, 0.1) is 0 Å². The summed E-state index contributed by atoms with van der Waals surface area (Å²) in [7, 11) is 1.78. The molecule has 2 aromatic heterocycles. The van der Waals surface area contributed by atoms with Crippen LogP contribution in [0.1, 0.15) is 16.1 Å². The topological polar surface area (TPSA) is 59.8 Å². The van der Waals surface area contributed by atoms with E-state index in [9.17, 15) is 4.79 Å². The Balaban J connectivity index is 1.94. The molecule has 0 aromatic carbocycles. The van der Waals surface area contributed by atoms with Crippen LogP contribution in [0.25, 0.3) is 0 Å². The van der Waals surface area contributed by atoms with Gasteiger partial charge in [-0.15, -0.1) is 0 Å². The van der Waals surface area contributed by atoms with Crippen molar-refractivity contribution in [3.05, 3.63) is 48.0 Å². The molecule has 82 valence electrons. The second-order valence-corrected chi connectivity index (χ2v) is 3.41. The predicted octanol–water partition coefficient (Wildman–Crippen LogP) is 0.745. The van der Waals surface area contributed by atoms with Crippen molar-refractivity contribution in [2.45, 2.75) is 6.54 Å². The number of amides is 1. The molecule has 0 aliphatic rings. The van der Waals surface area contributed by atoms with E-state index in [1.807, 2.05) is 12.1 Å². The minimum Gasteiger partial charge on any atom is -0.347 e. The fourth-order valence-electron chi connectivity index (χ4n) is 1.31. The summed E-state index contributed by atoms with van der Waals surface area (Å²) in [5, 5.41) is 6.80. The van der Waals surface area contributed by atoms with Crippen LogP contribution in [0.2, 0.25) is 0 Å². The van der Waals surface area contributed by atoms with Gasteiger partial charge < -0.3 is 5.32 Å². The van der Waals surface area contributed by atoms with Crippen molar-refractivity contribution in [2.75, 3.05) is 0 Å². The average Bonchev–Trinajstić information content (AvgIpc) is 2.74. The standard InChI is InChI=1S/C11H12N4O/c1-15-7-4-10(14-15)11(16)13-8-9-2-5-12-6-3-9/h2-7H,8H2,1H3,(H,13,16). The molecule has 0 aliphatic carbocycles. The molecule has 2 rings (SSSR count). The summed E-state index contributed by atoms with van der Waals surface area (Å²) < 4.78 is 1.60. The number of hydrogen-bond donors (Lipinski definition) is 1. The first-order chi connectivity index (χ1) is 7.75. The molecule has 0 bridgehead atoms. The summed E-state index contributed by atoms with van der Waals surface area (Å²) in [4.78, 5) is 15.5. The monoisotopic (exact) mass is 216 g/mol. The fraction of sp³-hybridized carbons (Fsp3) is 0.182. The number of carbonyl (C=O) groups is 1. The van der Waals surface area contributed by atoms with E-state index in [1.165, 1.54) is 0 Å². The second kappa shape index (κ2) is 4.57. The van der Waals surface area contributed by atoms with Gasteiger partial charge in [0.05, 0.1) is 0 Å². The molecule has 2 aromatic rings. The smallest absolute Gasteiger partial charge is 0.272 e. The number of pyridine rings is 1. The SMILES string of the molecule is Cn1ccc(C(=O)NCc2ccncc2)n1. The van der Waals surface area contributed by atoms with Crippen molar-refractivity contribution in [1.82, 2.24) is 20.1 Å². The van der Waals surface area contributed by atoms with Gasteiger partial charge in [0.1, 0.15) is 5.69 Å². The van der Waals surface area contributed by atoms with Crippen molar-refractivity contribution in [3.8, 4) is 0 Å². The van der Waals surface area contributed by atoms with E-state index in [0.29, 0.717) is 12.2 Å². The summed E-state index contributed by atoms with van der Waals surface area (Å²) in [5.74, 6) is -0.169. The lowest BCUT2D eigenvalue weighted by atomic mass is 10.2. The number of nitrogens with one attached hydrogen (secondary N) is 1. The number of carbonyl (C=O) groups excluding carboxylic acids is 1. The Kier molecular flexibility index (Phi) is 2.95. The molecule has 0 aliphatic heterocycles. The maximum absolute atomic E-state index is 11.6. The van der Waals surface area contributed by atoms with E-state index < -0.39 is 0 Å². The molecule has 0 saturated heterocycles. The molecule has 1 N–H and O–H groups in total. The molecule has 1 amide bonds. The minimum atomic E-state index is -0.169. The lowest BCUT2D eigenvalue weighted by Crippen LogP contribution is -2.23. The zero-order chi connectivity index (χ0) is 11.4. The lowest BCUT2D eigenvalue weighted by Gasteiger charge is -2.02. The van der Waals surface area contributed by atoms with Crippen LogP contribution in [-0.2, 0) is 13.6 Å². The molecule has 0 radical (unpaired) electrons. The molecule has 5 nitrogen and oxygen atoms in total. The van der Waals surface area contributed by atoms with Gasteiger partial charge in [-0.3, -0.25) is 14.5 Å². The Hall–Kier alpha value is -2.17. The van der Waals surface area contributed by atoms with E-state index in [1.54, 1.807) is 36.4 Å². The highest BCUT2D eigenvalue weighted by Gasteiger charge is 2.07. The summed E-state index contributed by atoms with van der Waals surface area (Å²) in [6, 6.07) is 5.40. The highest BCUT2D eigenvalue weighted by Crippen LogP contribution is 1.98. The van der Waals surface area contributed by atoms with Crippen molar-refractivity contribution >= 4 is 5.91 Å². The quantitative estimate of drug-likeness (QED) is 0.823. The Morgan fingerprint density at radius 3 is 2.75 bits per heavy atom. The van der Waals surface area contributed by atoms with E-state index in [0.717, 1.165) is 5.56 Å². The zero-order valence-corrected chi connectivity index (χ0v) is 8.92. The van der Waals surface area contributed by atoms with Crippen LogP contribution < -0.4 is 5.32 Å². The van der Waals surface area contributed by atoms with Crippen LogP contribution in [0.5, 0.6) is 0 Å². The van der Waals surface area contributed by atoms with Gasteiger partial charge in [0, 0.05) is 32.2 Å². The lowest BCUT2D eigenvalue weighted by molar-refractivity contribution is 0.0945. The Bertz CT molecular complexity index is 478. The Morgan fingerprint density at radius 1 is 1.38 bits per heavy atom. The number of hydrogen-bond acceptors (Lipinski definition) is 3. The average molecular weight is 216 g/mol. The van der Waals surface area contributed by atoms with Gasteiger partial charge in [-0.05, 0) is 23.8 Å². The molecular formula is C11H12N4O. The third kappa shape index (κ3) is 2.44. The van der Waals surface area contributed by atoms with Gasteiger partial charge in [0.2, 0.25) is 0 Å². The van der Waals surface area contributed by atoms with Crippen LogP contribution in [0.15, 0.2) is 36.8 Å². The van der Waals surface area contributed by atoms with Crippen molar-refractivity contribution in [2.24, 2.45) is 7.05 Å². The van der Waals surface area contributed by atoms with E-state index in [4.69, 9.17) is 0 Å². The predicted molar refractivity (Wildman–Crippen MR) is 58.6 cm³/mol. The van der Waals surface area contributed by atoms with Crippen LogP contribution >= 0.6 is 0 Å². The maximum atomic E-state index is 11.6. The number of rotatable bonds is 3. The Morgan fingerprint density at radius 2 is 2.12 bits per heavy atom. The first-order valence-corrected chi connectivity index (χ1v) is 4.92. The van der Waals surface area contributed by atoms with Crippen LogP contribution in [0.3, 0.4) is 0 Å². The molecule has 0 unspecified atom stereocenters. The van der Waals surface area contributed by atoms with Crippen molar-refractivity contribution < 1.29 is 4.79 Å². The minimum absolute atomic E-state index is 0.169. The van der Waals surface area contributed by atoms with Crippen molar-refractivity contribution in [3.63, 3.8) is 0 Å². The third-order valence-corrected chi connectivity index (χ3v) is 2.15. The summed E-state index contributed by atoms with van der Waals surface area (Å²) in [5.41, 5.74) is 1.44. The largest absolute Gasteiger partial charge is 0.347 e. The highest BCUT2D eigenvalue weighted by molar-refractivity contribution is 5.92. The van der Waals surface area contributed by atoms with E-state index in [-0.39, 0.29) is 5.91 Å². The van der Waals surface area contributed by atoms with E-state index >= 15 is 0 Å². The number of aromatic nitrogens is 3. The van der Waals surface area contributed by atoms with Crippen molar-refractivity contribution in [1.29, 1.82) is 0 Å². The van der Waals surface area contributed by atoms with Gasteiger partial charge in [-0.2, -0.15) is 5.10 Å². The second-order valence-electron chi connectivity index (χ2n) is 3.41. The highest BCUT2D eigenvalue weighted by atomic mass is 16.1. The molecule has 5 heteroatoms. The normalized spacial score (nSPS) is 10.1. The first-order valence-electron chi connectivity index (χ1n) is 4.92. The molecule has 0 fully saturated rings. The molecule has 0 spiro atoms. The molecule has 2 heterocycles. The molecule has 16 heavy (non-hydrogen) atoms. The summed E-state index contributed by atoms with van der Waals surface area (Å²) in [6.07, 6.45) is 5.13. The Labute approximate surface area is 93.1 Å².